The zero-order chi connectivity index (χ0) is 24.3. The molecule has 0 saturated carbocycles. The molecule has 36 heavy (non-hydrogen) atoms. The molecule has 0 spiro atoms. The highest BCUT2D eigenvalue weighted by Crippen LogP contribution is 2.59. The first-order valence-corrected chi connectivity index (χ1v) is 13.5. The summed E-state index contributed by atoms with van der Waals surface area (Å²) < 4.78 is 8.83. The number of benzene rings is 6. The van der Waals surface area contributed by atoms with Gasteiger partial charge in [0.05, 0.1) is 5.41 Å². The lowest BCUT2D eigenvalue weighted by Crippen LogP contribution is -2.34. The summed E-state index contributed by atoms with van der Waals surface area (Å²) in [5.74, 6) is 1.78. The smallest absolute Gasteiger partial charge is 0.132 e. The fourth-order valence-electron chi connectivity index (χ4n) is 5.83. The first-order chi connectivity index (χ1) is 17.7. The minimum atomic E-state index is -0.591. The summed E-state index contributed by atoms with van der Waals surface area (Å²) in [6.07, 6.45) is 0. The summed E-state index contributed by atoms with van der Waals surface area (Å²) in [6.45, 7) is 0. The van der Waals surface area contributed by atoms with Crippen molar-refractivity contribution in [1.82, 2.24) is 0 Å². The van der Waals surface area contributed by atoms with Crippen LogP contribution in [0.4, 0.5) is 0 Å². The van der Waals surface area contributed by atoms with E-state index < -0.39 is 5.41 Å². The molecule has 0 aliphatic carbocycles. The second kappa shape index (κ2) is 8.33. The third-order valence-electron chi connectivity index (χ3n) is 7.31. The average Bonchev–Trinajstić information content (AvgIpc) is 2.92. The minimum absolute atomic E-state index is 0.591. The largest absolute Gasteiger partial charge is 0.457 e. The molecule has 0 saturated heterocycles. The van der Waals surface area contributed by atoms with Crippen molar-refractivity contribution in [3.8, 4) is 11.5 Å². The van der Waals surface area contributed by atoms with Crippen molar-refractivity contribution < 1.29 is 4.74 Å². The van der Waals surface area contributed by atoms with Crippen LogP contribution in [0.1, 0.15) is 22.3 Å². The molecule has 0 N–H and O–H groups in total. The quantitative estimate of drug-likeness (QED) is 0.194. The zero-order valence-electron chi connectivity index (χ0n) is 19.2. The molecule has 0 aromatic heterocycles. The van der Waals surface area contributed by atoms with E-state index in [1.807, 2.05) is 0 Å². The van der Waals surface area contributed by atoms with E-state index in [0.29, 0.717) is 0 Å². The molecule has 1 heterocycles. The maximum absolute atomic E-state index is 6.72. The summed E-state index contributed by atoms with van der Waals surface area (Å²) in [6, 6.07) is 43.4. The molecule has 0 bridgehead atoms. The van der Waals surface area contributed by atoms with Gasteiger partial charge in [0.25, 0.3) is 0 Å². The van der Waals surface area contributed by atoms with Gasteiger partial charge in [-0.3, -0.25) is 0 Å². The van der Waals surface area contributed by atoms with E-state index in [1.54, 1.807) is 0 Å². The van der Waals surface area contributed by atoms with Crippen LogP contribution in [0.15, 0.2) is 130 Å². The van der Waals surface area contributed by atoms with Crippen LogP contribution >= 0.6 is 31.9 Å². The molecule has 7 rings (SSSR count). The van der Waals surface area contributed by atoms with Gasteiger partial charge in [-0.2, -0.15) is 0 Å². The number of hydrogen-bond donors (Lipinski definition) is 0. The van der Waals surface area contributed by atoms with Crippen LogP contribution in [0.25, 0.3) is 21.5 Å². The van der Waals surface area contributed by atoms with Gasteiger partial charge in [0.1, 0.15) is 11.5 Å². The Hall–Kier alpha value is -3.40. The van der Waals surface area contributed by atoms with Gasteiger partial charge >= 0.3 is 0 Å². The molecule has 1 nitrogen and oxygen atoms in total. The molecule has 3 heteroatoms. The lowest BCUT2D eigenvalue weighted by molar-refractivity contribution is 0.439. The molecular formula is C33H20Br2O. The van der Waals surface area contributed by atoms with Gasteiger partial charge in [-0.25, -0.2) is 0 Å². The Labute approximate surface area is 226 Å². The van der Waals surface area contributed by atoms with Crippen LogP contribution in [0.3, 0.4) is 0 Å². The molecular weight excluding hydrogens is 572 g/mol. The van der Waals surface area contributed by atoms with E-state index in [-0.39, 0.29) is 0 Å². The predicted octanol–water partition coefficient (Wildman–Crippen LogP) is 10.0. The number of rotatable bonds is 2. The van der Waals surface area contributed by atoms with E-state index in [0.717, 1.165) is 20.4 Å². The molecule has 6 aromatic rings. The number of hydrogen-bond acceptors (Lipinski definition) is 1. The van der Waals surface area contributed by atoms with Crippen molar-refractivity contribution in [2.45, 2.75) is 5.41 Å². The molecule has 172 valence electrons. The molecule has 0 atom stereocenters. The fourth-order valence-corrected chi connectivity index (χ4v) is 6.36. The first kappa shape index (κ1) is 21.8. The van der Waals surface area contributed by atoms with Crippen molar-refractivity contribution in [1.29, 1.82) is 0 Å². The SMILES string of the molecule is Brc1ccc(C2(c3ccc(Br)cc3)c3c(ccc4ccccc34)Oc3ccc4ccccc4c32)cc1. The molecule has 0 unspecified atom stereocenters. The van der Waals surface area contributed by atoms with Crippen LogP contribution in [0.5, 0.6) is 11.5 Å². The first-order valence-electron chi connectivity index (χ1n) is 11.9. The summed E-state index contributed by atoms with van der Waals surface area (Å²) >= 11 is 7.33. The summed E-state index contributed by atoms with van der Waals surface area (Å²) in [5.41, 5.74) is 4.16. The highest BCUT2D eigenvalue weighted by Gasteiger charge is 2.47. The van der Waals surface area contributed by atoms with Crippen molar-refractivity contribution in [3.63, 3.8) is 0 Å². The van der Waals surface area contributed by atoms with E-state index in [2.05, 4.69) is 153 Å². The third kappa shape index (κ3) is 3.13. The van der Waals surface area contributed by atoms with Gasteiger partial charge in [-0.05, 0) is 69.1 Å². The van der Waals surface area contributed by atoms with Crippen molar-refractivity contribution in [3.05, 3.63) is 153 Å². The van der Waals surface area contributed by atoms with E-state index in [4.69, 9.17) is 4.74 Å². The molecule has 1 aliphatic rings. The van der Waals surface area contributed by atoms with Crippen molar-refractivity contribution in [2.24, 2.45) is 0 Å². The molecule has 6 aromatic carbocycles. The van der Waals surface area contributed by atoms with Crippen LogP contribution in [0, 0.1) is 0 Å². The Morgan fingerprint density at radius 3 is 1.31 bits per heavy atom. The summed E-state index contributed by atoms with van der Waals surface area (Å²) in [5, 5.41) is 4.78. The standard InChI is InChI=1S/C33H20Br2O/c34-25-15-11-23(12-16-25)33(24-13-17-26(35)18-14-24)31-27-7-3-1-5-21(27)9-19-29(31)36-30-20-10-22-6-2-4-8-28(22)32(30)33/h1-20H. The van der Waals surface area contributed by atoms with Crippen LogP contribution in [-0.4, -0.2) is 0 Å². The molecule has 1 aliphatic heterocycles. The number of ether oxygens (including phenoxy) is 1. The van der Waals surface area contributed by atoms with Crippen molar-refractivity contribution >= 4 is 53.4 Å². The lowest BCUT2D eigenvalue weighted by Gasteiger charge is -2.43. The molecule has 0 radical (unpaired) electrons. The third-order valence-corrected chi connectivity index (χ3v) is 8.36. The normalized spacial score (nSPS) is 13.7. The highest BCUT2D eigenvalue weighted by molar-refractivity contribution is 9.10. The van der Waals surface area contributed by atoms with Gasteiger partial charge in [0, 0.05) is 20.1 Å². The number of fused-ring (bicyclic) bond motifs is 6. The summed E-state index contributed by atoms with van der Waals surface area (Å²) in [7, 11) is 0. The van der Waals surface area contributed by atoms with Gasteiger partial charge < -0.3 is 4.74 Å². The van der Waals surface area contributed by atoms with E-state index in [9.17, 15) is 0 Å². The van der Waals surface area contributed by atoms with Crippen molar-refractivity contribution in [2.75, 3.05) is 0 Å². The Bertz CT molecular complexity index is 1640. The Morgan fingerprint density at radius 2 is 0.861 bits per heavy atom. The Morgan fingerprint density at radius 1 is 0.444 bits per heavy atom. The van der Waals surface area contributed by atoms with E-state index >= 15 is 0 Å². The maximum Gasteiger partial charge on any atom is 0.132 e. The Balaban J connectivity index is 1.76. The van der Waals surface area contributed by atoms with Crippen LogP contribution < -0.4 is 4.74 Å². The van der Waals surface area contributed by atoms with Gasteiger partial charge in [0.2, 0.25) is 0 Å². The van der Waals surface area contributed by atoms with Gasteiger partial charge in [-0.1, -0.05) is 117 Å². The zero-order valence-corrected chi connectivity index (χ0v) is 22.4. The number of halogens is 2. The van der Waals surface area contributed by atoms with E-state index in [1.165, 1.54) is 43.8 Å². The Kier molecular flexibility index (Phi) is 5.06. The maximum atomic E-state index is 6.72. The average molecular weight is 592 g/mol. The molecule has 0 amide bonds. The predicted molar refractivity (Wildman–Crippen MR) is 155 cm³/mol. The van der Waals surface area contributed by atoms with Crippen LogP contribution in [0.2, 0.25) is 0 Å². The lowest BCUT2D eigenvalue weighted by atomic mass is 9.61. The topological polar surface area (TPSA) is 9.23 Å². The fraction of sp³-hybridized carbons (Fsp3) is 0.0303. The minimum Gasteiger partial charge on any atom is -0.457 e. The van der Waals surface area contributed by atoms with Crippen LogP contribution in [-0.2, 0) is 5.41 Å². The summed E-state index contributed by atoms with van der Waals surface area (Å²) in [4.78, 5) is 0. The second-order valence-corrected chi connectivity index (χ2v) is 11.0. The highest BCUT2D eigenvalue weighted by atomic mass is 79.9. The second-order valence-electron chi connectivity index (χ2n) is 9.19. The van der Waals surface area contributed by atoms with Gasteiger partial charge in [-0.15, -0.1) is 0 Å². The molecule has 0 fully saturated rings. The van der Waals surface area contributed by atoms with Gasteiger partial charge in [0.15, 0.2) is 0 Å². The monoisotopic (exact) mass is 590 g/mol.